The molecule has 20 heavy (non-hydrogen) atoms. The maximum atomic E-state index is 12.6. The number of nitrogens with zero attached hydrogens (tertiary/aromatic N) is 1. The van der Waals surface area contributed by atoms with Crippen LogP contribution in [0.4, 0.5) is 8.78 Å². The molecule has 4 nitrogen and oxygen atoms in total. The van der Waals surface area contributed by atoms with Crippen LogP contribution in [0.5, 0.6) is 0 Å². The van der Waals surface area contributed by atoms with Crippen molar-refractivity contribution in [2.75, 3.05) is 19.8 Å². The SMILES string of the molecule is CC(C)C1NC2(CCCC2)C(=O)N1CCOCC(F)F. The molecule has 0 bridgehead atoms. The van der Waals surface area contributed by atoms with E-state index in [2.05, 4.69) is 19.2 Å². The number of amides is 1. The third kappa shape index (κ3) is 3.11. The minimum Gasteiger partial charge on any atom is -0.374 e. The van der Waals surface area contributed by atoms with Gasteiger partial charge in [-0.05, 0) is 18.8 Å². The third-order valence-corrected chi connectivity index (χ3v) is 4.24. The summed E-state index contributed by atoms with van der Waals surface area (Å²) in [4.78, 5) is 14.4. The number of halogens is 2. The summed E-state index contributed by atoms with van der Waals surface area (Å²) in [5.74, 6) is 0.406. The Hall–Kier alpha value is -0.750. The van der Waals surface area contributed by atoms with E-state index in [4.69, 9.17) is 4.74 Å². The maximum Gasteiger partial charge on any atom is 0.261 e. The van der Waals surface area contributed by atoms with Crippen molar-refractivity contribution in [1.29, 1.82) is 0 Å². The largest absolute Gasteiger partial charge is 0.374 e. The molecular formula is C14H24F2N2O2. The zero-order valence-corrected chi connectivity index (χ0v) is 12.2. The highest BCUT2D eigenvalue weighted by Crippen LogP contribution is 2.37. The van der Waals surface area contributed by atoms with Gasteiger partial charge < -0.3 is 9.64 Å². The molecule has 116 valence electrons. The van der Waals surface area contributed by atoms with Crippen LogP contribution in [-0.2, 0) is 9.53 Å². The number of carbonyl (C=O) groups excluding carboxylic acids is 1. The van der Waals surface area contributed by atoms with E-state index in [1.54, 1.807) is 4.90 Å². The van der Waals surface area contributed by atoms with E-state index in [9.17, 15) is 13.6 Å². The molecule has 6 heteroatoms. The second-order valence-corrected chi connectivity index (χ2v) is 6.09. The van der Waals surface area contributed by atoms with Gasteiger partial charge in [-0.25, -0.2) is 8.78 Å². The van der Waals surface area contributed by atoms with Crippen LogP contribution < -0.4 is 5.32 Å². The van der Waals surface area contributed by atoms with Crippen molar-refractivity contribution in [2.24, 2.45) is 5.92 Å². The number of nitrogens with one attached hydrogen (secondary N) is 1. The van der Waals surface area contributed by atoms with E-state index in [1.807, 2.05) is 0 Å². The van der Waals surface area contributed by atoms with E-state index >= 15 is 0 Å². The molecule has 1 saturated carbocycles. The first-order valence-corrected chi connectivity index (χ1v) is 7.41. The molecule has 1 unspecified atom stereocenters. The highest BCUT2D eigenvalue weighted by molar-refractivity contribution is 5.89. The van der Waals surface area contributed by atoms with E-state index in [0.717, 1.165) is 25.7 Å². The van der Waals surface area contributed by atoms with E-state index in [-0.39, 0.29) is 24.6 Å². The molecule has 1 heterocycles. The van der Waals surface area contributed by atoms with Crippen molar-refractivity contribution in [2.45, 2.75) is 57.7 Å². The molecule has 0 radical (unpaired) electrons. The average Bonchev–Trinajstić information content (AvgIpc) is 2.95. The van der Waals surface area contributed by atoms with Gasteiger partial charge >= 0.3 is 0 Å². The first-order chi connectivity index (χ1) is 9.46. The lowest BCUT2D eigenvalue weighted by atomic mass is 9.98. The third-order valence-electron chi connectivity index (χ3n) is 4.24. The quantitative estimate of drug-likeness (QED) is 0.761. The Kier molecular flexibility index (Phi) is 4.96. The van der Waals surface area contributed by atoms with Crippen molar-refractivity contribution >= 4 is 5.91 Å². The smallest absolute Gasteiger partial charge is 0.261 e. The number of rotatable bonds is 6. The molecule has 0 aromatic carbocycles. The average molecular weight is 290 g/mol. The zero-order chi connectivity index (χ0) is 14.8. The van der Waals surface area contributed by atoms with Gasteiger partial charge in [0.05, 0.1) is 18.3 Å². The minimum absolute atomic E-state index is 0.0178. The zero-order valence-electron chi connectivity index (χ0n) is 12.2. The standard InChI is InChI=1S/C14H24F2N2O2/c1-10(2)12-17-14(5-3-4-6-14)13(19)18(12)7-8-20-9-11(15)16/h10-12,17H,3-9H2,1-2H3. The van der Waals surface area contributed by atoms with Crippen LogP contribution >= 0.6 is 0 Å². The Morgan fingerprint density at radius 3 is 2.60 bits per heavy atom. The topological polar surface area (TPSA) is 41.6 Å². The molecule has 1 aliphatic carbocycles. The van der Waals surface area contributed by atoms with Gasteiger partial charge in [0.25, 0.3) is 6.43 Å². The lowest BCUT2D eigenvalue weighted by molar-refractivity contribution is -0.134. The highest BCUT2D eigenvalue weighted by Gasteiger charge is 2.52. The molecule has 1 N–H and O–H groups in total. The first-order valence-electron chi connectivity index (χ1n) is 7.41. The summed E-state index contributed by atoms with van der Waals surface area (Å²) in [6.45, 7) is 4.10. The normalized spacial score (nSPS) is 25.6. The monoisotopic (exact) mass is 290 g/mol. The van der Waals surface area contributed by atoms with Crippen molar-refractivity contribution in [3.8, 4) is 0 Å². The highest BCUT2D eigenvalue weighted by atomic mass is 19.3. The van der Waals surface area contributed by atoms with Crippen LogP contribution in [-0.4, -0.2) is 48.7 Å². The molecule has 1 atom stereocenters. The van der Waals surface area contributed by atoms with Gasteiger partial charge in [0.1, 0.15) is 6.61 Å². The summed E-state index contributed by atoms with van der Waals surface area (Å²) in [7, 11) is 0. The van der Waals surface area contributed by atoms with Crippen LogP contribution in [0.1, 0.15) is 39.5 Å². The summed E-state index contributed by atoms with van der Waals surface area (Å²) in [6.07, 6.45) is 1.42. The van der Waals surface area contributed by atoms with Crippen molar-refractivity contribution in [1.82, 2.24) is 10.2 Å². The van der Waals surface area contributed by atoms with Crippen molar-refractivity contribution in [3.05, 3.63) is 0 Å². The number of alkyl halides is 2. The van der Waals surface area contributed by atoms with Gasteiger partial charge in [-0.1, -0.05) is 26.7 Å². The fourth-order valence-electron chi connectivity index (χ4n) is 3.26. The molecule has 1 spiro atoms. The second kappa shape index (κ2) is 6.35. The Labute approximate surface area is 118 Å². The fraction of sp³-hybridized carbons (Fsp3) is 0.929. The Bertz CT molecular complexity index is 344. The van der Waals surface area contributed by atoms with E-state index in [1.165, 1.54) is 0 Å². The molecular weight excluding hydrogens is 266 g/mol. The fourth-order valence-corrected chi connectivity index (χ4v) is 3.26. The Balaban J connectivity index is 1.95. The Morgan fingerprint density at radius 2 is 2.05 bits per heavy atom. The molecule has 0 aromatic rings. The summed E-state index contributed by atoms with van der Waals surface area (Å²) >= 11 is 0. The van der Waals surface area contributed by atoms with E-state index < -0.39 is 18.6 Å². The van der Waals surface area contributed by atoms with Gasteiger partial charge in [-0.15, -0.1) is 0 Å². The van der Waals surface area contributed by atoms with Crippen LogP contribution in [0.3, 0.4) is 0 Å². The van der Waals surface area contributed by atoms with Gasteiger partial charge in [-0.2, -0.15) is 0 Å². The predicted octanol–water partition coefficient (Wildman–Crippen LogP) is 1.99. The van der Waals surface area contributed by atoms with Gasteiger partial charge in [0.15, 0.2) is 0 Å². The van der Waals surface area contributed by atoms with Gasteiger partial charge in [-0.3, -0.25) is 10.1 Å². The summed E-state index contributed by atoms with van der Waals surface area (Å²) in [6, 6.07) is 0. The second-order valence-electron chi connectivity index (χ2n) is 6.09. The number of hydrogen-bond donors (Lipinski definition) is 1. The Morgan fingerprint density at radius 1 is 1.40 bits per heavy atom. The lowest BCUT2D eigenvalue weighted by Gasteiger charge is -2.27. The number of ether oxygens (including phenoxy) is 1. The molecule has 1 aliphatic heterocycles. The van der Waals surface area contributed by atoms with E-state index in [0.29, 0.717) is 6.54 Å². The summed E-state index contributed by atoms with van der Waals surface area (Å²) in [5, 5.41) is 3.49. The molecule has 2 aliphatic rings. The maximum absolute atomic E-state index is 12.6. The van der Waals surface area contributed by atoms with Crippen LogP contribution in [0.2, 0.25) is 0 Å². The van der Waals surface area contributed by atoms with Crippen LogP contribution in [0.15, 0.2) is 0 Å². The molecule has 1 saturated heterocycles. The van der Waals surface area contributed by atoms with Crippen LogP contribution in [0, 0.1) is 5.92 Å². The summed E-state index contributed by atoms with van der Waals surface area (Å²) in [5.41, 5.74) is -0.405. The number of carbonyl (C=O) groups is 1. The molecule has 2 fully saturated rings. The molecule has 2 rings (SSSR count). The van der Waals surface area contributed by atoms with Crippen molar-refractivity contribution < 1.29 is 18.3 Å². The minimum atomic E-state index is -2.45. The first kappa shape index (κ1) is 15.6. The summed E-state index contributed by atoms with van der Waals surface area (Å²) < 4.78 is 29.0. The molecule has 0 aromatic heterocycles. The van der Waals surface area contributed by atoms with Gasteiger partial charge in [0, 0.05) is 6.54 Å². The lowest BCUT2D eigenvalue weighted by Crippen LogP contribution is -2.45. The predicted molar refractivity (Wildman–Crippen MR) is 71.5 cm³/mol. The van der Waals surface area contributed by atoms with Gasteiger partial charge in [0.2, 0.25) is 5.91 Å². The number of hydrogen-bond acceptors (Lipinski definition) is 3. The van der Waals surface area contributed by atoms with Crippen LogP contribution in [0.25, 0.3) is 0 Å². The van der Waals surface area contributed by atoms with Crippen molar-refractivity contribution in [3.63, 3.8) is 0 Å². The molecule has 1 amide bonds.